The molecular formula is C61H43N. The number of benzene rings is 11. The van der Waals surface area contributed by atoms with Crippen molar-refractivity contribution in [3.05, 3.63) is 236 Å². The fourth-order valence-electron chi connectivity index (χ4n) is 10.4. The summed E-state index contributed by atoms with van der Waals surface area (Å²) in [5.41, 5.74) is 15.7. The van der Waals surface area contributed by atoms with Crippen molar-refractivity contribution < 1.29 is 0 Å². The zero-order valence-electron chi connectivity index (χ0n) is 34.8. The van der Waals surface area contributed by atoms with Gasteiger partial charge in [0.2, 0.25) is 0 Å². The number of hydrogen-bond donors (Lipinski definition) is 0. The lowest BCUT2D eigenvalue weighted by atomic mass is 9.82. The normalized spacial score (nSPS) is 12.8. The first kappa shape index (κ1) is 36.1. The lowest BCUT2D eigenvalue weighted by Crippen LogP contribution is -2.17. The third-order valence-electron chi connectivity index (χ3n) is 13.4. The minimum atomic E-state index is -0.158. The standard InChI is InChI=1S/C61H43N/c1-61(2)58-30-15-14-29-53(58)54-34-33-46(37-59(54)61)62(45-32-31-41-19-6-7-20-43(41)36-45)60-39-56-52-28-13-11-26-50(52)49-25-10-12-27-51(49)55(56)38-57(60)48-24-9-8-23-47(48)44-22-16-21-42(35-44)40-17-4-3-5-18-40/h3-39H,1-2H3. The second-order valence-electron chi connectivity index (χ2n) is 17.3. The third kappa shape index (κ3) is 5.70. The second-order valence-corrected chi connectivity index (χ2v) is 17.3. The summed E-state index contributed by atoms with van der Waals surface area (Å²) < 4.78 is 0. The Bertz CT molecular complexity index is 3560. The van der Waals surface area contributed by atoms with Crippen LogP contribution in [0.2, 0.25) is 0 Å². The maximum Gasteiger partial charge on any atom is 0.0546 e. The Balaban J connectivity index is 1.19. The van der Waals surface area contributed by atoms with E-state index >= 15 is 0 Å². The summed E-state index contributed by atoms with van der Waals surface area (Å²) in [6.45, 7) is 4.75. The van der Waals surface area contributed by atoms with E-state index in [0.29, 0.717) is 0 Å². The number of nitrogens with zero attached hydrogens (tertiary/aromatic N) is 1. The molecule has 0 unspecified atom stereocenters. The molecule has 11 aromatic rings. The highest BCUT2D eigenvalue weighted by Gasteiger charge is 2.36. The molecule has 0 heterocycles. The molecule has 1 aliphatic rings. The zero-order valence-corrected chi connectivity index (χ0v) is 34.8. The monoisotopic (exact) mass is 789 g/mol. The molecule has 1 nitrogen and oxygen atoms in total. The minimum absolute atomic E-state index is 0.158. The summed E-state index contributed by atoms with van der Waals surface area (Å²) in [5.74, 6) is 0. The molecule has 1 heteroatoms. The van der Waals surface area contributed by atoms with Gasteiger partial charge in [0, 0.05) is 22.4 Å². The van der Waals surface area contributed by atoms with Gasteiger partial charge in [-0.1, -0.05) is 196 Å². The zero-order chi connectivity index (χ0) is 41.4. The molecule has 0 atom stereocenters. The van der Waals surface area contributed by atoms with Crippen LogP contribution in [0.25, 0.3) is 87.6 Å². The Labute approximate surface area is 362 Å². The Morgan fingerprint density at radius 1 is 0.290 bits per heavy atom. The summed E-state index contributed by atoms with van der Waals surface area (Å²) >= 11 is 0. The molecule has 0 fully saturated rings. The van der Waals surface area contributed by atoms with Gasteiger partial charge in [-0.05, 0) is 136 Å². The van der Waals surface area contributed by atoms with Gasteiger partial charge in [-0.15, -0.1) is 0 Å². The average molecular weight is 790 g/mol. The lowest BCUT2D eigenvalue weighted by Gasteiger charge is -2.31. The largest absolute Gasteiger partial charge is 0.310 e. The molecule has 0 saturated heterocycles. The molecule has 0 radical (unpaired) electrons. The molecule has 0 N–H and O–H groups in total. The van der Waals surface area contributed by atoms with E-state index < -0.39 is 0 Å². The van der Waals surface area contributed by atoms with E-state index in [2.05, 4.69) is 243 Å². The highest BCUT2D eigenvalue weighted by molar-refractivity contribution is 6.27. The van der Waals surface area contributed by atoms with Crippen LogP contribution in [-0.4, -0.2) is 0 Å². The third-order valence-corrected chi connectivity index (χ3v) is 13.4. The van der Waals surface area contributed by atoms with Gasteiger partial charge in [-0.2, -0.15) is 0 Å². The molecule has 0 amide bonds. The number of fused-ring (bicyclic) bond motifs is 10. The molecule has 0 aliphatic heterocycles. The summed E-state index contributed by atoms with van der Waals surface area (Å²) in [4.78, 5) is 2.53. The lowest BCUT2D eigenvalue weighted by molar-refractivity contribution is 0.660. The first-order chi connectivity index (χ1) is 30.5. The second kappa shape index (κ2) is 14.2. The van der Waals surface area contributed by atoms with Gasteiger partial charge in [0.25, 0.3) is 0 Å². The molecule has 12 rings (SSSR count). The van der Waals surface area contributed by atoms with Crippen molar-refractivity contribution in [3.63, 3.8) is 0 Å². The molecule has 62 heavy (non-hydrogen) atoms. The van der Waals surface area contributed by atoms with Crippen molar-refractivity contribution in [1.29, 1.82) is 0 Å². The Hall–Kier alpha value is -7.74. The molecule has 0 bridgehead atoms. The Morgan fingerprint density at radius 2 is 0.823 bits per heavy atom. The van der Waals surface area contributed by atoms with Gasteiger partial charge in [0.15, 0.2) is 0 Å². The van der Waals surface area contributed by atoms with Gasteiger partial charge in [-0.3, -0.25) is 0 Å². The molecule has 0 saturated carbocycles. The van der Waals surface area contributed by atoms with Crippen LogP contribution in [0.4, 0.5) is 17.1 Å². The fraction of sp³-hybridized carbons (Fsp3) is 0.0492. The topological polar surface area (TPSA) is 3.24 Å². The van der Waals surface area contributed by atoms with Crippen molar-refractivity contribution in [1.82, 2.24) is 0 Å². The Morgan fingerprint density at radius 3 is 1.58 bits per heavy atom. The van der Waals surface area contributed by atoms with Gasteiger partial charge in [-0.25, -0.2) is 0 Å². The summed E-state index contributed by atoms with van der Waals surface area (Å²) in [5, 5.41) is 9.96. The summed E-state index contributed by atoms with van der Waals surface area (Å²) in [7, 11) is 0. The summed E-state index contributed by atoms with van der Waals surface area (Å²) in [6.07, 6.45) is 0. The van der Waals surface area contributed by atoms with E-state index in [0.717, 1.165) is 17.1 Å². The molecule has 292 valence electrons. The van der Waals surface area contributed by atoms with Gasteiger partial charge >= 0.3 is 0 Å². The maximum atomic E-state index is 2.53. The quantitative estimate of drug-likeness (QED) is 0.152. The Kier molecular flexibility index (Phi) is 8.27. The van der Waals surface area contributed by atoms with Gasteiger partial charge < -0.3 is 4.90 Å². The van der Waals surface area contributed by atoms with Crippen LogP contribution in [0.15, 0.2) is 224 Å². The maximum absolute atomic E-state index is 2.53. The van der Waals surface area contributed by atoms with Crippen LogP contribution in [0.1, 0.15) is 25.0 Å². The van der Waals surface area contributed by atoms with Crippen LogP contribution in [-0.2, 0) is 5.41 Å². The SMILES string of the molecule is CC1(C)c2ccccc2-c2ccc(N(c3ccc4ccccc4c3)c3cc4c5ccccc5c5ccccc5c4cc3-c3ccccc3-c3cccc(-c4ccccc4)c3)cc21. The van der Waals surface area contributed by atoms with E-state index in [1.807, 2.05) is 0 Å². The van der Waals surface area contributed by atoms with E-state index in [4.69, 9.17) is 0 Å². The van der Waals surface area contributed by atoms with Gasteiger partial charge in [0.1, 0.15) is 0 Å². The smallest absolute Gasteiger partial charge is 0.0546 e. The van der Waals surface area contributed by atoms with Crippen LogP contribution in [0.5, 0.6) is 0 Å². The van der Waals surface area contributed by atoms with Crippen LogP contribution in [0.3, 0.4) is 0 Å². The summed E-state index contributed by atoms with van der Waals surface area (Å²) in [6, 6.07) is 83.3. The number of hydrogen-bond acceptors (Lipinski definition) is 1. The highest BCUT2D eigenvalue weighted by Crippen LogP contribution is 2.53. The molecular weight excluding hydrogens is 747 g/mol. The van der Waals surface area contributed by atoms with Crippen molar-refractivity contribution in [3.8, 4) is 44.5 Å². The van der Waals surface area contributed by atoms with Crippen molar-refractivity contribution >= 4 is 60.2 Å². The van der Waals surface area contributed by atoms with Crippen LogP contribution >= 0.6 is 0 Å². The fourth-order valence-corrected chi connectivity index (χ4v) is 10.4. The minimum Gasteiger partial charge on any atom is -0.310 e. The van der Waals surface area contributed by atoms with Crippen molar-refractivity contribution in [2.24, 2.45) is 0 Å². The molecule has 0 aromatic heterocycles. The molecule has 0 spiro atoms. The van der Waals surface area contributed by atoms with E-state index in [9.17, 15) is 0 Å². The van der Waals surface area contributed by atoms with E-state index in [1.165, 1.54) is 98.7 Å². The van der Waals surface area contributed by atoms with Crippen LogP contribution < -0.4 is 4.90 Å². The number of rotatable bonds is 6. The van der Waals surface area contributed by atoms with Crippen molar-refractivity contribution in [2.75, 3.05) is 4.90 Å². The van der Waals surface area contributed by atoms with E-state index in [1.54, 1.807) is 0 Å². The first-order valence-electron chi connectivity index (χ1n) is 21.7. The van der Waals surface area contributed by atoms with Gasteiger partial charge in [0.05, 0.1) is 5.69 Å². The predicted molar refractivity (Wildman–Crippen MR) is 265 cm³/mol. The highest BCUT2D eigenvalue weighted by atomic mass is 15.1. The van der Waals surface area contributed by atoms with E-state index in [-0.39, 0.29) is 5.41 Å². The molecule has 1 aliphatic carbocycles. The number of anilines is 3. The first-order valence-corrected chi connectivity index (χ1v) is 21.7. The average Bonchev–Trinajstić information content (AvgIpc) is 3.57. The van der Waals surface area contributed by atoms with Crippen LogP contribution in [0, 0.1) is 0 Å². The van der Waals surface area contributed by atoms with Crippen molar-refractivity contribution in [2.45, 2.75) is 19.3 Å². The predicted octanol–water partition coefficient (Wildman–Crippen LogP) is 17.1. The molecule has 11 aromatic carbocycles.